The van der Waals surface area contributed by atoms with Gasteiger partial charge in [-0.2, -0.15) is 0 Å². The Kier molecular flexibility index (Phi) is 3.35. The third-order valence-electron chi connectivity index (χ3n) is 1.78. The lowest BCUT2D eigenvalue weighted by Crippen LogP contribution is -2.27. The zero-order valence-corrected chi connectivity index (χ0v) is 7.55. The summed E-state index contributed by atoms with van der Waals surface area (Å²) in [4.78, 5) is 11.4. The van der Waals surface area contributed by atoms with Crippen LogP contribution < -0.4 is 0 Å². The van der Waals surface area contributed by atoms with Crippen molar-refractivity contribution in [3.05, 3.63) is 35.9 Å². The molecule has 0 heterocycles. The molecule has 4 heteroatoms. The van der Waals surface area contributed by atoms with E-state index in [1.807, 2.05) is 0 Å². The number of aliphatic hydroxyl groups is 3. The Morgan fingerprint density at radius 2 is 1.71 bits per heavy atom. The van der Waals surface area contributed by atoms with Crippen LogP contribution in [0.5, 0.6) is 0 Å². The van der Waals surface area contributed by atoms with Crippen molar-refractivity contribution >= 4 is 5.78 Å². The lowest BCUT2D eigenvalue weighted by molar-refractivity contribution is -0.313. The Balaban J connectivity index is 2.52. The fourth-order valence-electron chi connectivity index (χ4n) is 1.05. The van der Waals surface area contributed by atoms with Gasteiger partial charge in [-0.05, 0) is 0 Å². The van der Waals surface area contributed by atoms with Crippen molar-refractivity contribution in [3.63, 3.8) is 0 Å². The molecule has 1 rings (SSSR count). The number of hydrogen-bond donors (Lipinski definition) is 3. The second kappa shape index (κ2) is 4.32. The Hall–Kier alpha value is -1.23. The number of Topliss-reactive ketones (excluding diaryl/α,β-unsaturated/α-hetero) is 1. The van der Waals surface area contributed by atoms with E-state index in [0.29, 0.717) is 5.56 Å². The van der Waals surface area contributed by atoms with Crippen molar-refractivity contribution in [3.8, 4) is 0 Å². The molecule has 0 bridgehead atoms. The van der Waals surface area contributed by atoms with Crippen LogP contribution in [0.15, 0.2) is 30.3 Å². The molecule has 0 aliphatic carbocycles. The van der Waals surface area contributed by atoms with Gasteiger partial charge < -0.3 is 15.3 Å². The van der Waals surface area contributed by atoms with E-state index >= 15 is 0 Å². The fourth-order valence-corrected chi connectivity index (χ4v) is 1.05. The minimum absolute atomic E-state index is 0.104. The second-order valence-electron chi connectivity index (χ2n) is 3.06. The highest BCUT2D eigenvalue weighted by Crippen LogP contribution is 2.09. The molecule has 0 saturated carbocycles. The molecule has 1 aromatic carbocycles. The second-order valence-corrected chi connectivity index (χ2v) is 3.06. The van der Waals surface area contributed by atoms with Crippen LogP contribution in [0.25, 0.3) is 0 Å². The lowest BCUT2D eigenvalue weighted by atomic mass is 10.1. The van der Waals surface area contributed by atoms with Crippen LogP contribution in [-0.2, 0) is 0 Å². The Bertz CT molecular complexity index is 300. The predicted octanol–water partition coefficient (Wildman–Crippen LogP) is 0.280. The van der Waals surface area contributed by atoms with E-state index in [1.54, 1.807) is 30.3 Å². The van der Waals surface area contributed by atoms with Crippen molar-refractivity contribution in [2.24, 2.45) is 0 Å². The van der Waals surface area contributed by atoms with Gasteiger partial charge in [-0.1, -0.05) is 30.3 Å². The summed E-state index contributed by atoms with van der Waals surface area (Å²) in [6.45, 7) is 0. The molecule has 4 nitrogen and oxygen atoms in total. The van der Waals surface area contributed by atoms with Gasteiger partial charge in [0.05, 0.1) is 0 Å². The quantitative estimate of drug-likeness (QED) is 0.477. The number of rotatable bonds is 4. The minimum atomic E-state index is -2.76. The molecular formula is C10H12O4. The monoisotopic (exact) mass is 196 g/mol. The third kappa shape index (κ3) is 3.66. The summed E-state index contributed by atoms with van der Waals surface area (Å²) in [5.74, 6) is -2.99. The summed E-state index contributed by atoms with van der Waals surface area (Å²) in [7, 11) is 0. The first-order chi connectivity index (χ1) is 6.49. The molecular weight excluding hydrogens is 184 g/mol. The van der Waals surface area contributed by atoms with Gasteiger partial charge in [-0.3, -0.25) is 4.79 Å². The van der Waals surface area contributed by atoms with Gasteiger partial charge >= 0.3 is 0 Å². The Morgan fingerprint density at radius 1 is 1.14 bits per heavy atom. The molecule has 0 aromatic heterocycles. The van der Waals surface area contributed by atoms with E-state index in [0.717, 1.165) is 0 Å². The molecule has 3 N–H and O–H groups in total. The lowest BCUT2D eigenvalue weighted by Gasteiger charge is -2.12. The molecule has 76 valence electrons. The van der Waals surface area contributed by atoms with Crippen molar-refractivity contribution in [1.82, 2.24) is 0 Å². The van der Waals surface area contributed by atoms with E-state index in [2.05, 4.69) is 0 Å². The number of hydrogen-bond acceptors (Lipinski definition) is 4. The summed E-state index contributed by atoms with van der Waals surface area (Å²) in [6, 6.07) is 8.49. The van der Waals surface area contributed by atoms with Crippen molar-refractivity contribution in [1.29, 1.82) is 0 Å². The van der Waals surface area contributed by atoms with E-state index in [-0.39, 0.29) is 18.6 Å². The first-order valence-corrected chi connectivity index (χ1v) is 4.24. The van der Waals surface area contributed by atoms with Crippen molar-refractivity contribution in [2.45, 2.75) is 18.8 Å². The van der Waals surface area contributed by atoms with Crippen LogP contribution in [0.4, 0.5) is 0 Å². The van der Waals surface area contributed by atoms with Crippen LogP contribution >= 0.6 is 0 Å². The summed E-state index contributed by atoms with van der Waals surface area (Å²) in [5, 5.41) is 25.7. The Morgan fingerprint density at radius 3 is 2.21 bits per heavy atom. The summed E-state index contributed by atoms with van der Waals surface area (Å²) < 4.78 is 0. The van der Waals surface area contributed by atoms with Gasteiger partial charge in [-0.15, -0.1) is 0 Å². The Labute approximate surface area is 81.4 Å². The average Bonchev–Trinajstić information content (AvgIpc) is 2.14. The third-order valence-corrected chi connectivity index (χ3v) is 1.78. The van der Waals surface area contributed by atoms with Crippen LogP contribution in [0, 0.1) is 0 Å². The fraction of sp³-hybridized carbons (Fsp3) is 0.300. The molecule has 0 radical (unpaired) electrons. The van der Waals surface area contributed by atoms with E-state index in [1.165, 1.54) is 0 Å². The summed E-state index contributed by atoms with van der Waals surface area (Å²) in [6.07, 6.45) is -0.492. The SMILES string of the molecule is O=C(CCC(O)(O)O)c1ccccc1. The normalized spacial score (nSPS) is 11.4. The molecule has 14 heavy (non-hydrogen) atoms. The first kappa shape index (κ1) is 10.8. The van der Waals surface area contributed by atoms with E-state index in [4.69, 9.17) is 15.3 Å². The van der Waals surface area contributed by atoms with Gasteiger partial charge in [0.1, 0.15) is 0 Å². The van der Waals surface area contributed by atoms with Crippen LogP contribution in [0.3, 0.4) is 0 Å². The standard InChI is InChI=1S/C10H12O4/c11-9(6-7-10(12,13)14)8-4-2-1-3-5-8/h1-5,12-14H,6-7H2. The zero-order valence-electron chi connectivity index (χ0n) is 7.55. The summed E-state index contributed by atoms with van der Waals surface area (Å²) in [5.41, 5.74) is 0.497. The van der Waals surface area contributed by atoms with Gasteiger partial charge in [0.25, 0.3) is 5.97 Å². The molecule has 1 aromatic rings. The first-order valence-electron chi connectivity index (χ1n) is 4.24. The maximum absolute atomic E-state index is 11.4. The van der Waals surface area contributed by atoms with Gasteiger partial charge in [0.2, 0.25) is 0 Å². The smallest absolute Gasteiger partial charge is 0.275 e. The molecule has 0 amide bonds. The number of benzene rings is 1. The van der Waals surface area contributed by atoms with Crippen molar-refractivity contribution in [2.75, 3.05) is 0 Å². The number of ketones is 1. The van der Waals surface area contributed by atoms with Crippen LogP contribution in [-0.4, -0.2) is 27.1 Å². The molecule has 0 atom stereocenters. The maximum Gasteiger partial charge on any atom is 0.275 e. The molecule has 0 spiro atoms. The number of carbonyl (C=O) groups excluding carboxylic acids is 1. The van der Waals surface area contributed by atoms with Crippen LogP contribution in [0.1, 0.15) is 23.2 Å². The molecule has 0 aliphatic rings. The van der Waals surface area contributed by atoms with Gasteiger partial charge in [-0.25, -0.2) is 0 Å². The number of carbonyl (C=O) groups is 1. The molecule has 0 unspecified atom stereocenters. The highest BCUT2D eigenvalue weighted by atomic mass is 16.7. The maximum atomic E-state index is 11.4. The van der Waals surface area contributed by atoms with Gasteiger partial charge in [0.15, 0.2) is 5.78 Å². The predicted molar refractivity (Wildman–Crippen MR) is 49.4 cm³/mol. The largest absolute Gasteiger partial charge is 0.344 e. The molecule has 0 saturated heterocycles. The highest BCUT2D eigenvalue weighted by Gasteiger charge is 2.19. The average molecular weight is 196 g/mol. The topological polar surface area (TPSA) is 77.8 Å². The van der Waals surface area contributed by atoms with Crippen LogP contribution in [0.2, 0.25) is 0 Å². The van der Waals surface area contributed by atoms with Gasteiger partial charge in [0, 0.05) is 18.4 Å². The molecule has 0 fully saturated rings. The highest BCUT2D eigenvalue weighted by molar-refractivity contribution is 5.95. The summed E-state index contributed by atoms with van der Waals surface area (Å²) >= 11 is 0. The van der Waals surface area contributed by atoms with Crippen molar-refractivity contribution < 1.29 is 20.1 Å². The zero-order chi connectivity index (χ0) is 10.6. The van der Waals surface area contributed by atoms with E-state index in [9.17, 15) is 4.79 Å². The molecule has 0 aliphatic heterocycles. The van der Waals surface area contributed by atoms with E-state index < -0.39 is 5.97 Å². The minimum Gasteiger partial charge on any atom is -0.344 e.